The molecule has 0 heterocycles. The van der Waals surface area contributed by atoms with E-state index in [1.54, 1.807) is 0 Å². The van der Waals surface area contributed by atoms with Gasteiger partial charge in [0.25, 0.3) is 0 Å². The third kappa shape index (κ3) is 4.74. The Bertz CT molecular complexity index is 611. The average molecular weight is 314 g/mol. The highest BCUT2D eigenvalue weighted by atomic mass is 32.2. The summed E-state index contributed by atoms with van der Waals surface area (Å²) in [7, 11) is 1.37. The molecule has 0 saturated heterocycles. The van der Waals surface area contributed by atoms with Crippen molar-refractivity contribution >= 4 is 23.5 Å². The third-order valence-corrected chi connectivity index (χ3v) is 4.51. The van der Waals surface area contributed by atoms with Crippen LogP contribution in [-0.2, 0) is 9.53 Å². The summed E-state index contributed by atoms with van der Waals surface area (Å²) in [4.78, 5) is 23.8. The van der Waals surface area contributed by atoms with Crippen LogP contribution in [0.2, 0.25) is 0 Å². The Morgan fingerprint density at radius 2 is 1.59 bits per heavy atom. The van der Waals surface area contributed by atoms with E-state index < -0.39 is 0 Å². The fraction of sp³-hybridized carbons (Fsp3) is 0.222. The van der Waals surface area contributed by atoms with Crippen LogP contribution in [0.3, 0.4) is 0 Å². The van der Waals surface area contributed by atoms with Crippen molar-refractivity contribution in [1.82, 2.24) is 0 Å². The molecule has 0 amide bonds. The summed E-state index contributed by atoms with van der Waals surface area (Å²) in [6.45, 7) is 0. The van der Waals surface area contributed by atoms with Crippen molar-refractivity contribution in [3.05, 3.63) is 71.8 Å². The molecule has 0 unspecified atom stereocenters. The fourth-order valence-electron chi connectivity index (χ4n) is 2.08. The summed E-state index contributed by atoms with van der Waals surface area (Å²) < 4.78 is 4.68. The first-order valence-corrected chi connectivity index (χ1v) is 8.07. The van der Waals surface area contributed by atoms with E-state index in [9.17, 15) is 9.59 Å². The monoisotopic (exact) mass is 314 g/mol. The van der Waals surface area contributed by atoms with Gasteiger partial charge in [0.2, 0.25) is 0 Å². The maximum absolute atomic E-state index is 12.4. The number of methoxy groups -OCH3 is 1. The molecule has 0 fully saturated rings. The smallest absolute Gasteiger partial charge is 0.315 e. The Hall–Kier alpha value is -2.07. The molecule has 0 aromatic heterocycles. The van der Waals surface area contributed by atoms with Crippen LogP contribution >= 0.6 is 11.8 Å². The van der Waals surface area contributed by atoms with Crippen molar-refractivity contribution in [2.24, 2.45) is 0 Å². The summed E-state index contributed by atoms with van der Waals surface area (Å²) in [6, 6.07) is 19.0. The zero-order chi connectivity index (χ0) is 15.8. The van der Waals surface area contributed by atoms with Crippen molar-refractivity contribution in [3.8, 4) is 0 Å². The van der Waals surface area contributed by atoms with Crippen molar-refractivity contribution in [3.63, 3.8) is 0 Å². The lowest BCUT2D eigenvalue weighted by Gasteiger charge is -2.16. The number of Topliss-reactive ketones (excluding diaryl/α,β-unsaturated/α-hetero) is 1. The number of rotatable bonds is 7. The first kappa shape index (κ1) is 16.3. The van der Waals surface area contributed by atoms with Crippen LogP contribution in [0.15, 0.2) is 60.7 Å². The van der Waals surface area contributed by atoms with Crippen molar-refractivity contribution < 1.29 is 14.3 Å². The van der Waals surface area contributed by atoms with E-state index in [1.807, 2.05) is 60.7 Å². The molecule has 0 radical (unpaired) electrons. The van der Waals surface area contributed by atoms with Crippen LogP contribution in [0, 0.1) is 0 Å². The molecule has 0 spiro atoms. The van der Waals surface area contributed by atoms with Crippen LogP contribution in [0.1, 0.15) is 27.6 Å². The summed E-state index contributed by atoms with van der Waals surface area (Å²) in [5.41, 5.74) is 1.74. The SMILES string of the molecule is COC(=O)CS[C@H](CC(=O)c1ccccc1)c1ccccc1. The van der Waals surface area contributed by atoms with E-state index in [0.29, 0.717) is 12.0 Å². The van der Waals surface area contributed by atoms with E-state index >= 15 is 0 Å². The van der Waals surface area contributed by atoms with Gasteiger partial charge in [0.05, 0.1) is 12.9 Å². The van der Waals surface area contributed by atoms with Crippen molar-refractivity contribution in [1.29, 1.82) is 0 Å². The van der Waals surface area contributed by atoms with E-state index in [0.717, 1.165) is 5.56 Å². The topological polar surface area (TPSA) is 43.4 Å². The highest BCUT2D eigenvalue weighted by Gasteiger charge is 2.19. The zero-order valence-electron chi connectivity index (χ0n) is 12.4. The molecule has 0 saturated carbocycles. The van der Waals surface area contributed by atoms with Gasteiger partial charge in [0, 0.05) is 17.2 Å². The predicted molar refractivity (Wildman–Crippen MR) is 89.0 cm³/mol. The van der Waals surface area contributed by atoms with Crippen LogP contribution < -0.4 is 0 Å². The number of esters is 1. The van der Waals surface area contributed by atoms with Gasteiger partial charge in [0.1, 0.15) is 0 Å². The average Bonchev–Trinajstić information content (AvgIpc) is 2.59. The molecule has 2 aromatic carbocycles. The summed E-state index contributed by atoms with van der Waals surface area (Å²) >= 11 is 1.43. The van der Waals surface area contributed by atoms with E-state index in [1.165, 1.54) is 18.9 Å². The van der Waals surface area contributed by atoms with Gasteiger partial charge < -0.3 is 4.74 Å². The van der Waals surface area contributed by atoms with E-state index in [2.05, 4.69) is 4.74 Å². The van der Waals surface area contributed by atoms with Crippen molar-refractivity contribution in [2.75, 3.05) is 12.9 Å². The maximum atomic E-state index is 12.4. The number of carbonyl (C=O) groups excluding carboxylic acids is 2. The highest BCUT2D eigenvalue weighted by molar-refractivity contribution is 8.00. The molecule has 114 valence electrons. The molecule has 0 aliphatic heterocycles. The molecule has 0 aliphatic carbocycles. The Labute approximate surface area is 134 Å². The fourth-order valence-corrected chi connectivity index (χ4v) is 3.15. The normalized spacial score (nSPS) is 11.7. The number of thioether (sulfide) groups is 1. The number of ketones is 1. The largest absolute Gasteiger partial charge is 0.468 e. The quantitative estimate of drug-likeness (QED) is 0.574. The number of hydrogen-bond acceptors (Lipinski definition) is 4. The lowest BCUT2D eigenvalue weighted by molar-refractivity contribution is -0.137. The summed E-state index contributed by atoms with van der Waals surface area (Å²) in [6.07, 6.45) is 0.357. The van der Waals surface area contributed by atoms with Gasteiger partial charge in [-0.05, 0) is 5.56 Å². The molecule has 0 bridgehead atoms. The van der Waals surface area contributed by atoms with Gasteiger partial charge in [-0.2, -0.15) is 0 Å². The second-order valence-corrected chi connectivity index (χ2v) is 5.97. The summed E-state index contributed by atoms with van der Waals surface area (Å²) in [5.74, 6) is 0.0305. The van der Waals surface area contributed by atoms with E-state index in [4.69, 9.17) is 0 Å². The molecule has 0 N–H and O–H groups in total. The summed E-state index contributed by atoms with van der Waals surface area (Å²) in [5, 5.41) is -0.0620. The van der Waals surface area contributed by atoms with Crippen LogP contribution in [0.5, 0.6) is 0 Å². The minimum Gasteiger partial charge on any atom is -0.468 e. The molecule has 2 rings (SSSR count). The number of carbonyl (C=O) groups is 2. The molecule has 4 heteroatoms. The second-order valence-electron chi connectivity index (χ2n) is 4.78. The van der Waals surface area contributed by atoms with Gasteiger partial charge in [0.15, 0.2) is 5.78 Å². The maximum Gasteiger partial charge on any atom is 0.315 e. The predicted octanol–water partition coefficient (Wildman–Crippen LogP) is 3.91. The molecule has 3 nitrogen and oxygen atoms in total. The van der Waals surface area contributed by atoms with E-state index in [-0.39, 0.29) is 22.8 Å². The van der Waals surface area contributed by atoms with Crippen LogP contribution in [0.4, 0.5) is 0 Å². The standard InChI is InChI=1S/C18H18O3S/c1-21-18(20)13-22-17(15-10-6-3-7-11-15)12-16(19)14-8-4-2-5-9-14/h2-11,17H,12-13H2,1H3/t17-/m1/s1. The van der Waals surface area contributed by atoms with Crippen LogP contribution in [0.25, 0.3) is 0 Å². The molecule has 0 aliphatic rings. The van der Waals surface area contributed by atoms with Crippen molar-refractivity contribution in [2.45, 2.75) is 11.7 Å². The Kier molecular flexibility index (Phi) is 6.22. The highest BCUT2D eigenvalue weighted by Crippen LogP contribution is 2.33. The Morgan fingerprint density at radius 3 is 2.18 bits per heavy atom. The number of hydrogen-bond donors (Lipinski definition) is 0. The molecule has 2 aromatic rings. The Balaban J connectivity index is 2.10. The van der Waals surface area contributed by atoms with Gasteiger partial charge in [-0.15, -0.1) is 11.8 Å². The first-order chi connectivity index (χ1) is 10.7. The molecular weight excluding hydrogens is 296 g/mol. The van der Waals surface area contributed by atoms with Gasteiger partial charge in [-0.1, -0.05) is 60.7 Å². The molecule has 1 atom stereocenters. The van der Waals surface area contributed by atoms with Gasteiger partial charge in [-0.3, -0.25) is 9.59 Å². The third-order valence-electron chi connectivity index (χ3n) is 3.27. The van der Waals surface area contributed by atoms with Crippen LogP contribution in [-0.4, -0.2) is 24.6 Å². The minimum absolute atomic E-state index is 0.0620. The molecular formula is C18H18O3S. The molecule has 22 heavy (non-hydrogen) atoms. The minimum atomic E-state index is -0.280. The second kappa shape index (κ2) is 8.39. The number of benzene rings is 2. The first-order valence-electron chi connectivity index (χ1n) is 7.02. The zero-order valence-corrected chi connectivity index (χ0v) is 13.2. The lowest BCUT2D eigenvalue weighted by atomic mass is 10.0. The van der Waals surface area contributed by atoms with Gasteiger partial charge >= 0.3 is 5.97 Å². The number of ether oxygens (including phenoxy) is 1. The van der Waals surface area contributed by atoms with Gasteiger partial charge in [-0.25, -0.2) is 0 Å². The lowest BCUT2D eigenvalue weighted by Crippen LogP contribution is -2.09. The Morgan fingerprint density at radius 1 is 1.00 bits per heavy atom.